The van der Waals surface area contributed by atoms with Crippen molar-refractivity contribution in [2.24, 2.45) is 5.92 Å². The lowest BCUT2D eigenvalue weighted by molar-refractivity contribution is -0.138. The van der Waals surface area contributed by atoms with Crippen molar-refractivity contribution in [2.75, 3.05) is 13.2 Å². The number of nitrogens with one attached hydrogen (secondary N) is 1. The Hall–Kier alpha value is -3.19. The minimum absolute atomic E-state index is 0.208. The zero-order valence-corrected chi connectivity index (χ0v) is 19.2. The number of H-pyrrole nitrogens is 1. The summed E-state index contributed by atoms with van der Waals surface area (Å²) in [6.45, 7) is 3.26. The first-order valence-electron chi connectivity index (χ1n) is 12.1. The fourth-order valence-corrected chi connectivity index (χ4v) is 6.00. The summed E-state index contributed by atoms with van der Waals surface area (Å²) >= 11 is 0. The zero-order chi connectivity index (χ0) is 23.4. The van der Waals surface area contributed by atoms with Gasteiger partial charge in [0.2, 0.25) is 0 Å². The first-order chi connectivity index (χ1) is 16.5. The van der Waals surface area contributed by atoms with Crippen molar-refractivity contribution < 1.29 is 19.0 Å². The van der Waals surface area contributed by atoms with Gasteiger partial charge in [-0.25, -0.2) is 4.39 Å². The molecular formula is C27H28FN3O3. The number of benzene rings is 2. The van der Waals surface area contributed by atoms with E-state index in [0.29, 0.717) is 17.4 Å². The second-order valence-corrected chi connectivity index (χ2v) is 9.91. The summed E-state index contributed by atoms with van der Waals surface area (Å²) in [7, 11) is 0. The molecule has 1 aliphatic carbocycles. The molecule has 2 fully saturated rings. The number of carboxylic acids is 1. The number of aromatic amines is 1. The van der Waals surface area contributed by atoms with E-state index in [1.54, 1.807) is 13.0 Å². The van der Waals surface area contributed by atoms with Gasteiger partial charge in [0.05, 0.1) is 17.2 Å². The summed E-state index contributed by atoms with van der Waals surface area (Å²) in [4.78, 5) is 11.3. The van der Waals surface area contributed by atoms with Crippen molar-refractivity contribution in [3.8, 4) is 5.69 Å². The standard InChI is InChI=1S/C27H28FN3O3/c1-15-8-20(2-3-22(15)28)31-24-12-19-14-29-30-23(19)13-21(24)26(18-9-16(10-18)11-25(32)33)27(31)17-4-6-34-7-5-17/h2-3,8,12-14,16-18H,4-7,9-11H2,1H3,(H,29,30)(H,32,33)/t16-,18-. The largest absolute Gasteiger partial charge is 0.481 e. The number of aliphatic carboxylic acids is 1. The van der Waals surface area contributed by atoms with Crippen LogP contribution in [0.1, 0.15) is 60.8 Å². The Bertz CT molecular complexity index is 1390. The van der Waals surface area contributed by atoms with E-state index in [1.807, 2.05) is 18.3 Å². The maximum absolute atomic E-state index is 14.2. The van der Waals surface area contributed by atoms with E-state index in [2.05, 4.69) is 26.9 Å². The van der Waals surface area contributed by atoms with Crippen molar-refractivity contribution in [3.63, 3.8) is 0 Å². The zero-order valence-electron chi connectivity index (χ0n) is 19.2. The highest BCUT2D eigenvalue weighted by molar-refractivity contribution is 5.99. The smallest absolute Gasteiger partial charge is 0.303 e. The summed E-state index contributed by atoms with van der Waals surface area (Å²) in [5.41, 5.74) is 6.26. The van der Waals surface area contributed by atoms with Crippen molar-refractivity contribution in [1.29, 1.82) is 0 Å². The van der Waals surface area contributed by atoms with E-state index >= 15 is 0 Å². The van der Waals surface area contributed by atoms with Gasteiger partial charge in [-0.1, -0.05) is 0 Å². The fourth-order valence-electron chi connectivity index (χ4n) is 6.00. The third kappa shape index (κ3) is 3.50. The van der Waals surface area contributed by atoms with Crippen molar-refractivity contribution in [3.05, 3.63) is 59.2 Å². The molecule has 34 heavy (non-hydrogen) atoms. The average molecular weight is 462 g/mol. The number of rotatable bonds is 5. The molecule has 2 aromatic heterocycles. The van der Waals surface area contributed by atoms with Gasteiger partial charge in [-0.2, -0.15) is 5.10 Å². The van der Waals surface area contributed by atoms with E-state index in [4.69, 9.17) is 4.74 Å². The summed E-state index contributed by atoms with van der Waals surface area (Å²) in [6.07, 6.45) is 5.70. The predicted octanol–water partition coefficient (Wildman–Crippen LogP) is 5.82. The van der Waals surface area contributed by atoms with Crippen LogP contribution in [0.25, 0.3) is 27.5 Å². The van der Waals surface area contributed by atoms with Crippen molar-refractivity contribution in [1.82, 2.24) is 14.8 Å². The SMILES string of the molecule is Cc1cc(-n2c(C3CCOCC3)c([C@H]3C[C@H](CC(=O)O)C3)c3cc4[nH]ncc4cc32)ccc1F. The minimum Gasteiger partial charge on any atom is -0.481 e. The van der Waals surface area contributed by atoms with Gasteiger partial charge < -0.3 is 14.4 Å². The van der Waals surface area contributed by atoms with Crippen molar-refractivity contribution in [2.45, 2.75) is 50.9 Å². The molecular weight excluding hydrogens is 433 g/mol. The Morgan fingerprint density at radius 1 is 1.21 bits per heavy atom. The Labute approximate surface area is 196 Å². The lowest BCUT2D eigenvalue weighted by Gasteiger charge is -2.37. The van der Waals surface area contributed by atoms with E-state index in [-0.39, 0.29) is 18.2 Å². The van der Waals surface area contributed by atoms with Crippen LogP contribution in [0.3, 0.4) is 0 Å². The number of halogens is 1. The molecule has 0 unspecified atom stereocenters. The Morgan fingerprint density at radius 2 is 2.00 bits per heavy atom. The molecule has 2 aromatic carbocycles. The number of hydrogen-bond acceptors (Lipinski definition) is 3. The maximum atomic E-state index is 14.2. The minimum atomic E-state index is -0.725. The lowest BCUT2D eigenvalue weighted by Crippen LogP contribution is -2.26. The van der Waals surface area contributed by atoms with Crippen LogP contribution in [0.4, 0.5) is 4.39 Å². The first-order valence-corrected chi connectivity index (χ1v) is 12.1. The van der Waals surface area contributed by atoms with Crippen LogP contribution in [0.15, 0.2) is 36.5 Å². The number of hydrogen-bond donors (Lipinski definition) is 2. The molecule has 1 saturated carbocycles. The van der Waals surface area contributed by atoms with Gasteiger partial charge in [0.15, 0.2) is 0 Å². The molecule has 0 atom stereocenters. The molecule has 0 amide bonds. The van der Waals surface area contributed by atoms with Gasteiger partial charge in [0.25, 0.3) is 0 Å². The first kappa shape index (κ1) is 21.4. The van der Waals surface area contributed by atoms with Crippen LogP contribution in [-0.2, 0) is 9.53 Å². The van der Waals surface area contributed by atoms with Crippen LogP contribution in [-0.4, -0.2) is 39.1 Å². The van der Waals surface area contributed by atoms with Crippen LogP contribution < -0.4 is 0 Å². The van der Waals surface area contributed by atoms with Crippen molar-refractivity contribution >= 4 is 27.8 Å². The molecule has 6 nitrogen and oxygen atoms in total. The quantitative estimate of drug-likeness (QED) is 0.393. The molecule has 4 aromatic rings. The Balaban J connectivity index is 1.60. The number of carboxylic acid groups (broad SMARTS) is 1. The van der Waals surface area contributed by atoms with Gasteiger partial charge in [0, 0.05) is 47.7 Å². The highest BCUT2D eigenvalue weighted by Crippen LogP contribution is 2.51. The molecule has 0 radical (unpaired) electrons. The monoisotopic (exact) mass is 461 g/mol. The van der Waals surface area contributed by atoms with Gasteiger partial charge in [-0.05, 0) is 85.9 Å². The Morgan fingerprint density at radius 3 is 2.74 bits per heavy atom. The summed E-state index contributed by atoms with van der Waals surface area (Å²) < 4.78 is 22.2. The predicted molar refractivity (Wildman–Crippen MR) is 128 cm³/mol. The van der Waals surface area contributed by atoms with E-state index < -0.39 is 5.97 Å². The van der Waals surface area contributed by atoms with Crippen LogP contribution in [0.5, 0.6) is 0 Å². The maximum Gasteiger partial charge on any atom is 0.303 e. The molecule has 7 heteroatoms. The van der Waals surface area contributed by atoms with Crippen LogP contribution in [0, 0.1) is 18.7 Å². The summed E-state index contributed by atoms with van der Waals surface area (Å²) in [6, 6.07) is 9.70. The number of aryl methyl sites for hydroxylation is 1. The topological polar surface area (TPSA) is 80.1 Å². The normalized spacial score (nSPS) is 21.2. The van der Waals surface area contributed by atoms with Gasteiger partial charge in [0.1, 0.15) is 5.82 Å². The third-order valence-corrected chi connectivity index (χ3v) is 7.72. The van der Waals surface area contributed by atoms with Crippen LogP contribution in [0.2, 0.25) is 0 Å². The highest BCUT2D eigenvalue weighted by Gasteiger charge is 2.38. The van der Waals surface area contributed by atoms with Gasteiger partial charge in [-0.3, -0.25) is 9.89 Å². The highest BCUT2D eigenvalue weighted by atomic mass is 19.1. The summed E-state index contributed by atoms with van der Waals surface area (Å²) in [5.74, 6) is -0.0750. The number of aromatic nitrogens is 3. The van der Waals surface area contributed by atoms with E-state index in [0.717, 1.165) is 61.0 Å². The number of carbonyl (C=O) groups is 1. The Kier molecular flexibility index (Phi) is 5.17. The molecule has 1 saturated heterocycles. The van der Waals surface area contributed by atoms with E-state index in [9.17, 15) is 14.3 Å². The molecule has 2 aliphatic rings. The molecule has 1 aliphatic heterocycles. The van der Waals surface area contributed by atoms with Gasteiger partial charge >= 0.3 is 5.97 Å². The second-order valence-electron chi connectivity index (χ2n) is 9.91. The molecule has 3 heterocycles. The van der Waals surface area contributed by atoms with Crippen LogP contribution >= 0.6 is 0 Å². The average Bonchev–Trinajstić information content (AvgIpc) is 3.38. The van der Waals surface area contributed by atoms with Gasteiger partial charge in [-0.15, -0.1) is 0 Å². The molecule has 176 valence electrons. The fraction of sp³-hybridized carbons (Fsp3) is 0.407. The second kappa shape index (κ2) is 8.24. The molecule has 0 bridgehead atoms. The number of fused-ring (bicyclic) bond motifs is 2. The third-order valence-electron chi connectivity index (χ3n) is 7.72. The number of ether oxygens (including phenoxy) is 1. The van der Waals surface area contributed by atoms with E-state index in [1.165, 1.54) is 16.6 Å². The molecule has 0 spiro atoms. The summed E-state index contributed by atoms with van der Waals surface area (Å²) in [5, 5.41) is 18.8. The number of nitrogens with zero attached hydrogens (tertiary/aromatic N) is 2. The molecule has 2 N–H and O–H groups in total. The lowest BCUT2D eigenvalue weighted by atomic mass is 9.68. The molecule has 6 rings (SSSR count).